The van der Waals surface area contributed by atoms with Crippen LogP contribution >= 0.6 is 11.6 Å². The first kappa shape index (κ1) is 15.8. The number of benzene rings is 1. The highest BCUT2D eigenvalue weighted by molar-refractivity contribution is 6.30. The average molecular weight is 355 g/mol. The highest BCUT2D eigenvalue weighted by Gasteiger charge is 2.29. The molecular weight excluding hydrogens is 340 g/mol. The minimum Gasteiger partial charge on any atom is -0.481 e. The molecule has 0 aliphatic heterocycles. The van der Waals surface area contributed by atoms with Crippen molar-refractivity contribution in [1.29, 1.82) is 0 Å². The molecule has 0 spiro atoms. The van der Waals surface area contributed by atoms with E-state index in [1.807, 2.05) is 22.8 Å². The number of hydrogen-bond donors (Lipinski definition) is 1. The topological polar surface area (TPSA) is 72.2 Å². The number of pyridine rings is 2. The number of carboxylic acid groups (broad SMARTS) is 1. The van der Waals surface area contributed by atoms with Crippen LogP contribution in [-0.4, -0.2) is 20.6 Å². The maximum absolute atomic E-state index is 12.9. The molecule has 5 nitrogen and oxygen atoms in total. The maximum Gasteiger partial charge on any atom is 0.306 e. The molecule has 0 radical (unpaired) electrons. The molecule has 2 aromatic heterocycles. The predicted molar refractivity (Wildman–Crippen MR) is 95.5 cm³/mol. The Morgan fingerprint density at radius 2 is 2.12 bits per heavy atom. The van der Waals surface area contributed by atoms with Crippen molar-refractivity contribution >= 4 is 28.6 Å². The molecule has 0 saturated heterocycles. The largest absolute Gasteiger partial charge is 0.481 e. The normalized spacial score (nSPS) is 16.6. The Kier molecular flexibility index (Phi) is 3.81. The molecule has 1 atom stereocenters. The van der Waals surface area contributed by atoms with E-state index in [0.717, 1.165) is 11.4 Å². The van der Waals surface area contributed by atoms with Gasteiger partial charge in [-0.05, 0) is 49.6 Å². The van der Waals surface area contributed by atoms with E-state index in [2.05, 4.69) is 4.98 Å². The van der Waals surface area contributed by atoms with Crippen molar-refractivity contribution in [3.8, 4) is 5.69 Å². The van der Waals surface area contributed by atoms with Crippen molar-refractivity contribution in [3.63, 3.8) is 0 Å². The summed E-state index contributed by atoms with van der Waals surface area (Å²) in [5, 5.41) is 10.4. The summed E-state index contributed by atoms with van der Waals surface area (Å²) in [6.07, 6.45) is 2.91. The molecule has 1 aromatic carbocycles. The van der Waals surface area contributed by atoms with Gasteiger partial charge < -0.3 is 5.11 Å². The van der Waals surface area contributed by atoms with E-state index in [1.165, 1.54) is 0 Å². The van der Waals surface area contributed by atoms with Gasteiger partial charge in [-0.25, -0.2) is 4.98 Å². The number of carboxylic acids is 1. The summed E-state index contributed by atoms with van der Waals surface area (Å²) in [6, 6.07) is 10.8. The number of carbonyl (C=O) groups is 1. The minimum absolute atomic E-state index is 0.123. The first-order chi connectivity index (χ1) is 12.1. The van der Waals surface area contributed by atoms with Gasteiger partial charge in [-0.15, -0.1) is 0 Å². The van der Waals surface area contributed by atoms with E-state index in [-0.39, 0.29) is 11.8 Å². The van der Waals surface area contributed by atoms with Crippen molar-refractivity contribution in [1.82, 2.24) is 9.55 Å². The van der Waals surface area contributed by atoms with Gasteiger partial charge in [0.1, 0.15) is 5.65 Å². The monoisotopic (exact) mass is 354 g/mol. The van der Waals surface area contributed by atoms with Crippen LogP contribution < -0.4 is 5.43 Å². The van der Waals surface area contributed by atoms with Crippen LogP contribution in [-0.2, 0) is 17.6 Å². The fourth-order valence-corrected chi connectivity index (χ4v) is 3.73. The summed E-state index contributed by atoms with van der Waals surface area (Å²) >= 11 is 6.15. The van der Waals surface area contributed by atoms with Crippen LogP contribution in [0.25, 0.3) is 16.7 Å². The fourth-order valence-electron chi connectivity index (χ4n) is 3.55. The summed E-state index contributed by atoms with van der Waals surface area (Å²) in [5.74, 6) is -1.38. The van der Waals surface area contributed by atoms with Gasteiger partial charge in [0, 0.05) is 28.2 Å². The second kappa shape index (κ2) is 6.01. The summed E-state index contributed by atoms with van der Waals surface area (Å²) < 4.78 is 1.94. The Labute approximate surface area is 148 Å². The lowest BCUT2D eigenvalue weighted by Gasteiger charge is -2.26. The molecule has 4 rings (SSSR count). The number of hydrogen-bond acceptors (Lipinski definition) is 3. The Bertz CT molecular complexity index is 1060. The maximum atomic E-state index is 12.9. The molecule has 1 aliphatic carbocycles. The lowest BCUT2D eigenvalue weighted by atomic mass is 9.85. The Morgan fingerprint density at radius 1 is 1.28 bits per heavy atom. The van der Waals surface area contributed by atoms with Crippen LogP contribution in [0.5, 0.6) is 0 Å². The average Bonchev–Trinajstić information content (AvgIpc) is 2.62. The van der Waals surface area contributed by atoms with Crippen molar-refractivity contribution in [2.24, 2.45) is 5.92 Å². The highest BCUT2D eigenvalue weighted by atomic mass is 35.5. The molecule has 0 saturated carbocycles. The molecule has 0 fully saturated rings. The number of aromatic nitrogens is 2. The van der Waals surface area contributed by atoms with Gasteiger partial charge in [0.15, 0.2) is 5.43 Å². The zero-order chi connectivity index (χ0) is 17.6. The molecule has 6 heteroatoms. The molecule has 1 aliphatic rings. The number of rotatable bonds is 2. The number of fused-ring (bicyclic) bond motifs is 2. The first-order valence-electron chi connectivity index (χ1n) is 8.06. The lowest BCUT2D eigenvalue weighted by molar-refractivity contribution is -0.142. The SMILES string of the molecule is O=C(O)C1CCc2c(c(=O)c3cccnc3n2-c2cccc(Cl)c2)C1. The lowest BCUT2D eigenvalue weighted by Crippen LogP contribution is -2.30. The van der Waals surface area contributed by atoms with Crippen molar-refractivity contribution in [2.45, 2.75) is 19.3 Å². The number of nitrogens with zero attached hydrogens (tertiary/aromatic N) is 2. The summed E-state index contributed by atoms with van der Waals surface area (Å²) in [5.41, 5.74) is 2.67. The van der Waals surface area contributed by atoms with Gasteiger partial charge >= 0.3 is 5.97 Å². The molecule has 1 unspecified atom stereocenters. The van der Waals surface area contributed by atoms with Crippen LogP contribution in [0.4, 0.5) is 0 Å². The highest BCUT2D eigenvalue weighted by Crippen LogP contribution is 2.29. The van der Waals surface area contributed by atoms with Gasteiger partial charge in [0.25, 0.3) is 0 Å². The van der Waals surface area contributed by atoms with Crippen LogP contribution in [0.1, 0.15) is 17.7 Å². The van der Waals surface area contributed by atoms with Gasteiger partial charge in [-0.3, -0.25) is 14.2 Å². The molecule has 126 valence electrons. The van der Waals surface area contributed by atoms with E-state index < -0.39 is 11.9 Å². The molecule has 2 heterocycles. The van der Waals surface area contributed by atoms with Gasteiger partial charge in [0.2, 0.25) is 0 Å². The quantitative estimate of drug-likeness (QED) is 0.767. The van der Waals surface area contributed by atoms with Crippen LogP contribution in [0.15, 0.2) is 47.4 Å². The predicted octanol–water partition coefficient (Wildman–Crippen LogP) is 3.23. The fraction of sp³-hybridized carbons (Fsp3) is 0.211. The van der Waals surface area contributed by atoms with E-state index in [9.17, 15) is 14.7 Å². The third kappa shape index (κ3) is 2.61. The second-order valence-electron chi connectivity index (χ2n) is 6.22. The Hall–Kier alpha value is -2.66. The molecule has 1 N–H and O–H groups in total. The first-order valence-corrected chi connectivity index (χ1v) is 8.44. The van der Waals surface area contributed by atoms with Gasteiger partial charge in [-0.2, -0.15) is 0 Å². The van der Waals surface area contributed by atoms with Crippen molar-refractivity contribution in [2.75, 3.05) is 0 Å². The van der Waals surface area contributed by atoms with Crippen LogP contribution in [0.2, 0.25) is 5.02 Å². The number of aliphatic carboxylic acids is 1. The summed E-state index contributed by atoms with van der Waals surface area (Å²) in [7, 11) is 0. The Balaban J connectivity index is 2.07. The van der Waals surface area contributed by atoms with Gasteiger partial charge in [0.05, 0.1) is 11.3 Å². The van der Waals surface area contributed by atoms with E-state index in [0.29, 0.717) is 34.5 Å². The summed E-state index contributed by atoms with van der Waals surface area (Å²) in [6.45, 7) is 0. The zero-order valence-corrected chi connectivity index (χ0v) is 14.0. The Morgan fingerprint density at radius 3 is 2.88 bits per heavy atom. The smallest absolute Gasteiger partial charge is 0.306 e. The molecule has 25 heavy (non-hydrogen) atoms. The number of halogens is 1. The molecule has 0 amide bonds. The van der Waals surface area contributed by atoms with Crippen LogP contribution in [0.3, 0.4) is 0 Å². The summed E-state index contributed by atoms with van der Waals surface area (Å²) in [4.78, 5) is 28.7. The van der Waals surface area contributed by atoms with E-state index in [4.69, 9.17) is 11.6 Å². The standard InChI is InChI=1S/C19H15ClN2O3/c20-12-3-1-4-13(10-12)22-16-7-6-11(19(24)25)9-15(16)17(23)14-5-2-8-21-18(14)22/h1-5,8,10-11H,6-7,9H2,(H,24,25). The third-order valence-corrected chi connectivity index (χ3v) is 4.97. The zero-order valence-electron chi connectivity index (χ0n) is 13.3. The third-order valence-electron chi connectivity index (χ3n) is 4.73. The van der Waals surface area contributed by atoms with Crippen LogP contribution in [0, 0.1) is 5.92 Å². The molecule has 0 bridgehead atoms. The van der Waals surface area contributed by atoms with Gasteiger partial charge in [-0.1, -0.05) is 17.7 Å². The minimum atomic E-state index is -0.856. The molecule has 3 aromatic rings. The van der Waals surface area contributed by atoms with E-state index >= 15 is 0 Å². The van der Waals surface area contributed by atoms with Crippen molar-refractivity contribution in [3.05, 3.63) is 69.1 Å². The molecular formula is C19H15ClN2O3. The van der Waals surface area contributed by atoms with E-state index in [1.54, 1.807) is 24.4 Å². The second-order valence-corrected chi connectivity index (χ2v) is 6.66. The van der Waals surface area contributed by atoms with Crippen molar-refractivity contribution < 1.29 is 9.90 Å².